The minimum atomic E-state index is -1.27. The summed E-state index contributed by atoms with van der Waals surface area (Å²) in [6, 6.07) is -0.756. The number of nitrogens with zero attached hydrogens (tertiary/aromatic N) is 1. The fourth-order valence-electron chi connectivity index (χ4n) is 2.15. The second-order valence-corrected chi connectivity index (χ2v) is 5.84. The number of ether oxygens (including phenoxy) is 1. The first-order valence-corrected chi connectivity index (χ1v) is 8.61. The summed E-state index contributed by atoms with van der Waals surface area (Å²) in [4.78, 5) is 1.80. The molecule has 1 fully saturated rings. The Morgan fingerprint density at radius 2 is 1.55 bits per heavy atom. The van der Waals surface area contributed by atoms with E-state index in [9.17, 15) is 15.3 Å². The minimum Gasteiger partial charge on any atom is -0.394 e. The van der Waals surface area contributed by atoms with Crippen molar-refractivity contribution in [2.45, 2.75) is 30.6 Å². The highest BCUT2D eigenvalue weighted by molar-refractivity contribution is 14.1. The first-order valence-electron chi connectivity index (χ1n) is 6.11. The highest BCUT2D eigenvalue weighted by Crippen LogP contribution is 2.24. The van der Waals surface area contributed by atoms with Gasteiger partial charge in [0, 0.05) is 13.1 Å². The Morgan fingerprint density at radius 1 is 1.00 bits per heavy atom. The van der Waals surface area contributed by atoms with Crippen LogP contribution in [0.15, 0.2) is 20.3 Å². The zero-order chi connectivity index (χ0) is 15.1. The van der Waals surface area contributed by atoms with Gasteiger partial charge in [-0.3, -0.25) is 4.90 Å². The molecule has 0 aromatic heterocycles. The molecule has 0 radical (unpaired) electrons. The normalized spacial score (nSPS) is 35.5. The maximum absolute atomic E-state index is 10.2. The van der Waals surface area contributed by atoms with Crippen LogP contribution in [-0.2, 0) is 4.74 Å². The van der Waals surface area contributed by atoms with Crippen LogP contribution in [0.1, 0.15) is 0 Å². The molecule has 20 heavy (non-hydrogen) atoms. The van der Waals surface area contributed by atoms with Crippen molar-refractivity contribution in [3.05, 3.63) is 20.3 Å². The molecular formula is C12H19I2NO5. The first-order chi connectivity index (χ1) is 9.56. The molecule has 0 spiro atoms. The van der Waals surface area contributed by atoms with E-state index in [1.165, 1.54) is 0 Å². The Hall–Kier alpha value is 0.700. The van der Waals surface area contributed by atoms with Gasteiger partial charge >= 0.3 is 0 Å². The van der Waals surface area contributed by atoms with Crippen LogP contribution in [0.4, 0.5) is 0 Å². The van der Waals surface area contributed by atoms with Gasteiger partial charge in [0.15, 0.2) is 6.29 Å². The van der Waals surface area contributed by atoms with Crippen LogP contribution in [-0.4, -0.2) is 75.7 Å². The zero-order valence-electron chi connectivity index (χ0n) is 10.7. The van der Waals surface area contributed by atoms with E-state index in [2.05, 4.69) is 45.2 Å². The van der Waals surface area contributed by atoms with Gasteiger partial charge in [0.25, 0.3) is 0 Å². The van der Waals surface area contributed by atoms with Gasteiger partial charge in [0.2, 0.25) is 0 Å². The molecule has 0 aromatic rings. The Labute approximate surface area is 145 Å². The van der Waals surface area contributed by atoms with E-state index in [1.807, 2.05) is 20.3 Å². The van der Waals surface area contributed by atoms with Gasteiger partial charge in [-0.15, -0.1) is 0 Å². The second kappa shape index (κ2) is 9.66. The van der Waals surface area contributed by atoms with Crippen molar-refractivity contribution < 1.29 is 25.2 Å². The summed E-state index contributed by atoms with van der Waals surface area (Å²) in [7, 11) is 0. The molecule has 5 atom stereocenters. The van der Waals surface area contributed by atoms with Gasteiger partial charge in [0.05, 0.1) is 12.6 Å². The number of hydrogen-bond donors (Lipinski definition) is 4. The Balaban J connectivity index is 2.86. The van der Waals surface area contributed by atoms with Crippen molar-refractivity contribution in [3.63, 3.8) is 0 Å². The lowest BCUT2D eigenvalue weighted by Gasteiger charge is -2.44. The molecule has 1 rings (SSSR count). The SMILES string of the molecule is OC[C@H]1OC(O)[C@H](N(C/C=C\I)C/C=C\I)[C@@H](O)[C@@H]1O. The lowest BCUT2D eigenvalue weighted by atomic mass is 9.95. The maximum Gasteiger partial charge on any atom is 0.173 e. The number of aliphatic hydroxyl groups is 4. The monoisotopic (exact) mass is 511 g/mol. The van der Waals surface area contributed by atoms with Gasteiger partial charge in [-0.2, -0.15) is 0 Å². The van der Waals surface area contributed by atoms with Crippen LogP contribution in [0.25, 0.3) is 0 Å². The largest absolute Gasteiger partial charge is 0.394 e. The van der Waals surface area contributed by atoms with E-state index < -0.39 is 37.3 Å². The van der Waals surface area contributed by atoms with E-state index in [-0.39, 0.29) is 0 Å². The molecule has 4 N–H and O–H groups in total. The van der Waals surface area contributed by atoms with Crippen molar-refractivity contribution in [1.82, 2.24) is 4.90 Å². The summed E-state index contributed by atoms with van der Waals surface area (Å²) in [6.07, 6.45) is -0.907. The molecule has 8 heteroatoms. The number of aliphatic hydroxyl groups excluding tert-OH is 4. The summed E-state index contributed by atoms with van der Waals surface area (Å²) in [5.41, 5.74) is 0. The molecule has 6 nitrogen and oxygen atoms in total. The van der Waals surface area contributed by atoms with Crippen molar-refractivity contribution in [1.29, 1.82) is 0 Å². The van der Waals surface area contributed by atoms with E-state index >= 15 is 0 Å². The number of rotatable bonds is 6. The van der Waals surface area contributed by atoms with Crippen LogP contribution in [0.2, 0.25) is 0 Å². The minimum absolute atomic E-state index is 0.455. The van der Waals surface area contributed by atoms with Crippen LogP contribution in [0, 0.1) is 0 Å². The van der Waals surface area contributed by atoms with Gasteiger partial charge in [0.1, 0.15) is 18.3 Å². The number of halogens is 2. The van der Waals surface area contributed by atoms with Crippen LogP contribution >= 0.6 is 45.2 Å². The molecule has 1 aliphatic heterocycles. The Bertz CT molecular complexity index is 328. The predicted molar refractivity (Wildman–Crippen MR) is 91.7 cm³/mol. The third-order valence-electron chi connectivity index (χ3n) is 3.15. The fraction of sp³-hybridized carbons (Fsp3) is 0.667. The molecule has 0 bridgehead atoms. The second-order valence-electron chi connectivity index (χ2n) is 4.40. The molecule has 0 amide bonds. The molecule has 1 unspecified atom stereocenters. The van der Waals surface area contributed by atoms with E-state index in [0.29, 0.717) is 13.1 Å². The zero-order valence-corrected chi connectivity index (χ0v) is 15.0. The Morgan fingerprint density at radius 3 is 2.00 bits per heavy atom. The van der Waals surface area contributed by atoms with Crippen molar-refractivity contribution in [2.75, 3.05) is 19.7 Å². The quantitative estimate of drug-likeness (QED) is 0.375. The molecule has 0 aromatic carbocycles. The summed E-state index contributed by atoms with van der Waals surface area (Å²) < 4.78 is 8.86. The fourth-order valence-corrected chi connectivity index (χ4v) is 2.60. The van der Waals surface area contributed by atoms with Gasteiger partial charge in [-0.1, -0.05) is 57.3 Å². The van der Waals surface area contributed by atoms with Crippen LogP contribution < -0.4 is 0 Å². The third kappa shape index (κ3) is 4.87. The summed E-state index contributed by atoms with van der Waals surface area (Å²) >= 11 is 4.18. The van der Waals surface area contributed by atoms with Crippen molar-refractivity contribution in [3.8, 4) is 0 Å². The molecule has 0 aliphatic carbocycles. The predicted octanol–water partition coefficient (Wildman–Crippen LogP) is -0.0143. The highest BCUT2D eigenvalue weighted by Gasteiger charge is 2.45. The molecule has 1 aliphatic rings. The maximum atomic E-state index is 10.2. The first kappa shape index (κ1) is 18.7. The summed E-state index contributed by atoms with van der Waals surface area (Å²) in [5, 5.41) is 39.2. The van der Waals surface area contributed by atoms with Crippen LogP contribution in [0.3, 0.4) is 0 Å². The van der Waals surface area contributed by atoms with E-state index in [4.69, 9.17) is 9.84 Å². The lowest BCUT2D eigenvalue weighted by Crippen LogP contribution is -2.64. The van der Waals surface area contributed by atoms with Crippen molar-refractivity contribution >= 4 is 45.2 Å². The lowest BCUT2D eigenvalue weighted by molar-refractivity contribution is -0.270. The topological polar surface area (TPSA) is 93.4 Å². The summed E-state index contributed by atoms with van der Waals surface area (Å²) in [5.74, 6) is 0. The average molecular weight is 511 g/mol. The van der Waals surface area contributed by atoms with Gasteiger partial charge < -0.3 is 25.2 Å². The number of hydrogen-bond acceptors (Lipinski definition) is 6. The molecule has 116 valence electrons. The summed E-state index contributed by atoms with van der Waals surface area (Å²) in [6.45, 7) is 0.550. The molecular weight excluding hydrogens is 492 g/mol. The molecule has 0 saturated carbocycles. The van der Waals surface area contributed by atoms with E-state index in [0.717, 1.165) is 0 Å². The molecule has 1 saturated heterocycles. The Kier molecular flexibility index (Phi) is 9.06. The standard InChI is InChI=1S/C12H19I2NO5/c13-3-1-5-15(6-2-4-14)9-11(18)10(17)8(7-16)20-12(9)19/h1-4,8-12,16-19H,5-7H2/b3-1-,4-2-/t8-,9-,10-,11-,12?/m1/s1. The smallest absolute Gasteiger partial charge is 0.173 e. The third-order valence-corrected chi connectivity index (χ3v) is 4.16. The highest BCUT2D eigenvalue weighted by atomic mass is 127. The van der Waals surface area contributed by atoms with Crippen LogP contribution in [0.5, 0.6) is 0 Å². The average Bonchev–Trinajstić information content (AvgIpc) is 2.45. The van der Waals surface area contributed by atoms with E-state index in [1.54, 1.807) is 4.90 Å². The van der Waals surface area contributed by atoms with Crippen molar-refractivity contribution in [2.24, 2.45) is 0 Å². The molecule has 1 heterocycles. The van der Waals surface area contributed by atoms with Gasteiger partial charge in [-0.25, -0.2) is 0 Å². The van der Waals surface area contributed by atoms with Gasteiger partial charge in [-0.05, 0) is 8.17 Å².